The van der Waals surface area contributed by atoms with E-state index in [1.807, 2.05) is 0 Å². The average Bonchev–Trinajstić information content (AvgIpc) is 2.86. The molecule has 1 aliphatic rings. The standard InChI is InChI=1S/C15H19N3O5S/c1-10(19)16-13-4-2-11(3-5-13)8-14(20)17-18-15(21)12-6-7-24(22,23)9-12/h2-5,12H,6-9H2,1H3,(H,16,19)(H,17,20)(H,18,21)/t12-/m1/s1. The predicted octanol–water partition coefficient (Wildman–Crippen LogP) is -0.230. The zero-order valence-electron chi connectivity index (χ0n) is 13.2. The maximum atomic E-state index is 11.8. The third-order valence-corrected chi connectivity index (χ3v) is 5.34. The topological polar surface area (TPSA) is 121 Å². The van der Waals surface area contributed by atoms with Crippen molar-refractivity contribution in [3.05, 3.63) is 29.8 Å². The molecule has 0 aliphatic carbocycles. The molecular formula is C15H19N3O5S. The van der Waals surface area contributed by atoms with Gasteiger partial charge in [-0.1, -0.05) is 12.1 Å². The van der Waals surface area contributed by atoms with Crippen molar-refractivity contribution in [2.24, 2.45) is 5.92 Å². The van der Waals surface area contributed by atoms with E-state index < -0.39 is 27.6 Å². The van der Waals surface area contributed by atoms with E-state index in [-0.39, 0.29) is 30.3 Å². The largest absolute Gasteiger partial charge is 0.326 e. The van der Waals surface area contributed by atoms with Gasteiger partial charge in [0.2, 0.25) is 17.7 Å². The minimum absolute atomic E-state index is 0.000317. The van der Waals surface area contributed by atoms with Gasteiger partial charge < -0.3 is 5.32 Å². The van der Waals surface area contributed by atoms with E-state index in [9.17, 15) is 22.8 Å². The summed E-state index contributed by atoms with van der Waals surface area (Å²) in [4.78, 5) is 34.5. The third kappa shape index (κ3) is 5.34. The fourth-order valence-electron chi connectivity index (χ4n) is 2.37. The number of rotatable bonds is 4. The quantitative estimate of drug-likeness (QED) is 0.646. The molecule has 0 aromatic heterocycles. The third-order valence-electron chi connectivity index (χ3n) is 3.57. The van der Waals surface area contributed by atoms with Gasteiger partial charge in [-0.05, 0) is 24.1 Å². The van der Waals surface area contributed by atoms with E-state index in [0.717, 1.165) is 0 Å². The van der Waals surface area contributed by atoms with Crippen LogP contribution in [0.25, 0.3) is 0 Å². The second-order valence-electron chi connectivity index (χ2n) is 5.69. The Morgan fingerprint density at radius 3 is 2.33 bits per heavy atom. The number of hydrogen-bond acceptors (Lipinski definition) is 5. The molecule has 0 unspecified atom stereocenters. The van der Waals surface area contributed by atoms with E-state index in [0.29, 0.717) is 11.3 Å². The van der Waals surface area contributed by atoms with Crippen molar-refractivity contribution in [2.45, 2.75) is 19.8 Å². The molecule has 1 heterocycles. The summed E-state index contributed by atoms with van der Waals surface area (Å²) in [5.41, 5.74) is 5.87. The van der Waals surface area contributed by atoms with Gasteiger partial charge in [0, 0.05) is 12.6 Å². The van der Waals surface area contributed by atoms with Crippen molar-refractivity contribution in [3.63, 3.8) is 0 Å². The average molecular weight is 353 g/mol. The summed E-state index contributed by atoms with van der Waals surface area (Å²) >= 11 is 0. The highest BCUT2D eigenvalue weighted by atomic mass is 32.2. The van der Waals surface area contributed by atoms with Crippen molar-refractivity contribution in [1.82, 2.24) is 10.9 Å². The SMILES string of the molecule is CC(=O)Nc1ccc(CC(=O)NNC(=O)[C@@H]2CCS(=O)(=O)C2)cc1. The van der Waals surface area contributed by atoms with Crippen molar-refractivity contribution in [3.8, 4) is 0 Å². The molecule has 8 nitrogen and oxygen atoms in total. The number of hydrazine groups is 1. The second-order valence-corrected chi connectivity index (χ2v) is 7.92. The van der Waals surface area contributed by atoms with E-state index >= 15 is 0 Å². The molecule has 130 valence electrons. The maximum Gasteiger partial charge on any atom is 0.242 e. The van der Waals surface area contributed by atoms with Crippen LogP contribution in [0.2, 0.25) is 0 Å². The van der Waals surface area contributed by atoms with Crippen LogP contribution in [0.5, 0.6) is 0 Å². The molecule has 0 bridgehead atoms. The van der Waals surface area contributed by atoms with Crippen LogP contribution in [0.4, 0.5) is 5.69 Å². The molecule has 3 N–H and O–H groups in total. The summed E-state index contributed by atoms with van der Waals surface area (Å²) < 4.78 is 22.7. The first kappa shape index (κ1) is 17.9. The Morgan fingerprint density at radius 2 is 1.79 bits per heavy atom. The molecule has 1 atom stereocenters. The minimum Gasteiger partial charge on any atom is -0.326 e. The van der Waals surface area contributed by atoms with Crippen LogP contribution in [0.3, 0.4) is 0 Å². The number of benzene rings is 1. The highest BCUT2D eigenvalue weighted by Crippen LogP contribution is 2.18. The smallest absolute Gasteiger partial charge is 0.242 e. The molecule has 24 heavy (non-hydrogen) atoms. The lowest BCUT2D eigenvalue weighted by atomic mass is 10.1. The second kappa shape index (κ2) is 7.43. The zero-order valence-corrected chi connectivity index (χ0v) is 14.0. The minimum atomic E-state index is -3.14. The van der Waals surface area contributed by atoms with Gasteiger partial charge in [0.15, 0.2) is 9.84 Å². The van der Waals surface area contributed by atoms with Gasteiger partial charge in [-0.15, -0.1) is 0 Å². The predicted molar refractivity (Wildman–Crippen MR) is 87.5 cm³/mol. The summed E-state index contributed by atoms with van der Waals surface area (Å²) in [6.07, 6.45) is 0.318. The number of carbonyl (C=O) groups excluding carboxylic acids is 3. The van der Waals surface area contributed by atoms with Gasteiger partial charge in [0.25, 0.3) is 0 Å². The van der Waals surface area contributed by atoms with Crippen LogP contribution >= 0.6 is 0 Å². The maximum absolute atomic E-state index is 11.8. The zero-order chi connectivity index (χ0) is 17.7. The summed E-state index contributed by atoms with van der Waals surface area (Å²) in [5, 5.41) is 2.62. The molecule has 1 aromatic rings. The van der Waals surface area contributed by atoms with Gasteiger partial charge in [-0.2, -0.15) is 0 Å². The Labute approximate surface area is 139 Å². The lowest BCUT2D eigenvalue weighted by Gasteiger charge is -2.11. The fraction of sp³-hybridized carbons (Fsp3) is 0.400. The van der Waals surface area contributed by atoms with Gasteiger partial charge in [0.05, 0.1) is 23.8 Å². The number of nitrogens with one attached hydrogen (secondary N) is 3. The van der Waals surface area contributed by atoms with Crippen molar-refractivity contribution < 1.29 is 22.8 Å². The van der Waals surface area contributed by atoms with Crippen LogP contribution in [-0.2, 0) is 30.6 Å². The van der Waals surface area contributed by atoms with Gasteiger partial charge in [-0.3, -0.25) is 25.2 Å². The molecule has 2 rings (SSSR count). The number of anilines is 1. The molecule has 3 amide bonds. The first-order valence-corrected chi connectivity index (χ1v) is 9.23. The molecule has 1 aliphatic heterocycles. The number of carbonyl (C=O) groups is 3. The monoisotopic (exact) mass is 353 g/mol. The Hall–Kier alpha value is -2.42. The molecule has 0 saturated carbocycles. The highest BCUT2D eigenvalue weighted by Gasteiger charge is 2.33. The first-order chi connectivity index (χ1) is 11.2. The van der Waals surface area contributed by atoms with Gasteiger partial charge >= 0.3 is 0 Å². The number of amides is 3. The number of hydrogen-bond donors (Lipinski definition) is 3. The summed E-state index contributed by atoms with van der Waals surface area (Å²) in [6, 6.07) is 6.73. The van der Waals surface area contributed by atoms with Crippen LogP contribution in [-0.4, -0.2) is 37.6 Å². The van der Waals surface area contributed by atoms with Gasteiger partial charge in [0.1, 0.15) is 0 Å². The molecular weight excluding hydrogens is 334 g/mol. The van der Waals surface area contributed by atoms with E-state index in [1.54, 1.807) is 24.3 Å². The van der Waals surface area contributed by atoms with Crippen molar-refractivity contribution >= 4 is 33.2 Å². The first-order valence-electron chi connectivity index (χ1n) is 7.41. The van der Waals surface area contributed by atoms with Crippen LogP contribution in [0.1, 0.15) is 18.9 Å². The molecule has 1 fully saturated rings. The van der Waals surface area contributed by atoms with Gasteiger partial charge in [-0.25, -0.2) is 8.42 Å². The molecule has 1 saturated heterocycles. The van der Waals surface area contributed by atoms with Crippen LogP contribution in [0, 0.1) is 5.92 Å². The van der Waals surface area contributed by atoms with E-state index in [4.69, 9.17) is 0 Å². The molecule has 0 spiro atoms. The normalized spacial score (nSPS) is 18.6. The van der Waals surface area contributed by atoms with Crippen LogP contribution < -0.4 is 16.2 Å². The van der Waals surface area contributed by atoms with Crippen molar-refractivity contribution in [2.75, 3.05) is 16.8 Å². The molecule has 9 heteroatoms. The van der Waals surface area contributed by atoms with Crippen LogP contribution in [0.15, 0.2) is 24.3 Å². The molecule has 1 aromatic carbocycles. The Kier molecular flexibility index (Phi) is 5.55. The summed E-state index contributed by atoms with van der Waals surface area (Å²) in [5.74, 6) is -1.90. The lowest BCUT2D eigenvalue weighted by Crippen LogP contribution is -2.45. The molecule has 0 radical (unpaired) electrons. The fourth-order valence-corrected chi connectivity index (χ4v) is 4.12. The van der Waals surface area contributed by atoms with E-state index in [2.05, 4.69) is 16.2 Å². The Morgan fingerprint density at radius 1 is 1.12 bits per heavy atom. The van der Waals surface area contributed by atoms with Crippen molar-refractivity contribution in [1.29, 1.82) is 0 Å². The summed E-state index contributed by atoms with van der Waals surface area (Å²) in [7, 11) is -3.14. The highest BCUT2D eigenvalue weighted by molar-refractivity contribution is 7.91. The number of sulfone groups is 1. The Bertz CT molecular complexity index is 743. The Balaban J connectivity index is 1.79. The summed E-state index contributed by atoms with van der Waals surface area (Å²) in [6.45, 7) is 1.40. The van der Waals surface area contributed by atoms with E-state index in [1.165, 1.54) is 6.92 Å². The lowest BCUT2D eigenvalue weighted by molar-refractivity contribution is -0.130.